The first kappa shape index (κ1) is 9.99. The summed E-state index contributed by atoms with van der Waals surface area (Å²) in [6, 6.07) is 0. The lowest BCUT2D eigenvalue weighted by molar-refractivity contribution is 0.549. The molecule has 0 aromatic rings. The summed E-state index contributed by atoms with van der Waals surface area (Å²) < 4.78 is 25.1. The molecule has 1 aliphatic rings. The van der Waals surface area contributed by atoms with Crippen molar-refractivity contribution in [2.24, 2.45) is 5.92 Å². The Labute approximate surface area is 76.1 Å². The van der Waals surface area contributed by atoms with E-state index in [1.54, 1.807) is 0 Å². The monoisotopic (exact) mass is 193 g/mol. The molecule has 1 rings (SSSR count). The fraction of sp³-hybridized carbons (Fsp3) is 1.00. The third-order valence-corrected chi connectivity index (χ3v) is 3.93. The van der Waals surface area contributed by atoms with Gasteiger partial charge in [-0.2, -0.15) is 0 Å². The summed E-state index contributed by atoms with van der Waals surface area (Å²) in [6.07, 6.45) is 4.58. The first-order chi connectivity index (χ1) is 5.64. The van der Waals surface area contributed by atoms with E-state index in [-0.39, 0.29) is 1.43 Å². The summed E-state index contributed by atoms with van der Waals surface area (Å²) in [5, 5.41) is 0. The van der Waals surface area contributed by atoms with Crippen LogP contribution in [0.2, 0.25) is 0 Å². The first-order valence-corrected chi connectivity index (χ1v) is 6.26. The smallest absolute Gasteiger partial charge is 0.211 e. The Morgan fingerprint density at radius 3 is 2.50 bits per heavy atom. The van der Waals surface area contributed by atoms with E-state index in [0.717, 1.165) is 12.8 Å². The van der Waals surface area contributed by atoms with Crippen molar-refractivity contribution in [2.45, 2.75) is 32.6 Å². The van der Waals surface area contributed by atoms with Gasteiger partial charge >= 0.3 is 0 Å². The van der Waals surface area contributed by atoms with Gasteiger partial charge in [-0.05, 0) is 18.8 Å². The van der Waals surface area contributed by atoms with Crippen LogP contribution < -0.4 is 4.72 Å². The first-order valence-electron chi connectivity index (χ1n) is 4.61. The molecular weight excluding hydrogens is 174 g/mol. The average molecular weight is 193 g/mol. The molecule has 0 radical (unpaired) electrons. The van der Waals surface area contributed by atoms with Gasteiger partial charge in [-0.3, -0.25) is 0 Å². The lowest BCUT2D eigenvalue weighted by Crippen LogP contribution is -2.28. The molecule has 0 aliphatic heterocycles. The molecule has 4 heteroatoms. The van der Waals surface area contributed by atoms with Crippen LogP contribution in [0, 0.1) is 5.92 Å². The minimum atomic E-state index is -2.97. The van der Waals surface area contributed by atoms with Crippen molar-refractivity contribution >= 4 is 10.0 Å². The second kappa shape index (κ2) is 4.23. The Hall–Kier alpha value is -0.0900. The number of hydrogen-bond donors (Lipinski definition) is 1. The highest BCUT2D eigenvalue weighted by atomic mass is 32.2. The Morgan fingerprint density at radius 1 is 1.42 bits per heavy atom. The molecule has 0 unspecified atom stereocenters. The lowest BCUT2D eigenvalue weighted by Gasteiger charge is -2.09. The molecule has 0 saturated heterocycles. The predicted octanol–water partition coefficient (Wildman–Crippen LogP) is 1.36. The third-order valence-electron chi connectivity index (χ3n) is 2.29. The van der Waals surface area contributed by atoms with Crippen molar-refractivity contribution in [1.29, 1.82) is 0 Å². The normalized spacial score (nSPS) is 20.1. The number of rotatable bonds is 4. The van der Waals surface area contributed by atoms with Gasteiger partial charge < -0.3 is 0 Å². The van der Waals surface area contributed by atoms with Crippen LogP contribution in [0.1, 0.15) is 34.0 Å². The van der Waals surface area contributed by atoms with E-state index in [9.17, 15) is 8.42 Å². The van der Waals surface area contributed by atoms with E-state index in [1.807, 2.05) is 6.92 Å². The molecule has 74 valence electrons. The molecule has 0 atom stereocenters. The van der Waals surface area contributed by atoms with E-state index < -0.39 is 10.0 Å². The summed E-state index contributed by atoms with van der Waals surface area (Å²) in [5.41, 5.74) is 0. The quantitative estimate of drug-likeness (QED) is 0.733. The van der Waals surface area contributed by atoms with Gasteiger partial charge in [0, 0.05) is 7.97 Å². The second-order valence-electron chi connectivity index (χ2n) is 3.43. The van der Waals surface area contributed by atoms with Gasteiger partial charge in [0.2, 0.25) is 10.0 Å². The van der Waals surface area contributed by atoms with Gasteiger partial charge in [-0.15, -0.1) is 0 Å². The van der Waals surface area contributed by atoms with Crippen LogP contribution in [0.4, 0.5) is 0 Å². The van der Waals surface area contributed by atoms with Crippen LogP contribution >= 0.6 is 0 Å². The molecular formula is C8H19NO2S. The summed E-state index contributed by atoms with van der Waals surface area (Å²) in [7, 11) is -2.97. The maximum Gasteiger partial charge on any atom is 0.211 e. The molecule has 0 aromatic heterocycles. The van der Waals surface area contributed by atoms with Gasteiger partial charge in [0.25, 0.3) is 0 Å². The fourth-order valence-corrected chi connectivity index (χ4v) is 3.28. The number of nitrogens with one attached hydrogen (secondary N) is 1. The summed E-state index contributed by atoms with van der Waals surface area (Å²) in [6.45, 7) is 2.32. The Kier molecular flexibility index (Phi) is 3.53. The van der Waals surface area contributed by atoms with Crippen LogP contribution in [0.3, 0.4) is 0 Å². The SMILES string of the molecule is CCNS(=O)(=O)CC1CCCC1.[HH]. The molecule has 3 nitrogen and oxygen atoms in total. The predicted molar refractivity (Wildman–Crippen MR) is 51.5 cm³/mol. The van der Waals surface area contributed by atoms with Crippen molar-refractivity contribution in [3.8, 4) is 0 Å². The molecule has 0 heterocycles. The van der Waals surface area contributed by atoms with Gasteiger partial charge in [0.15, 0.2) is 0 Å². The van der Waals surface area contributed by atoms with Crippen LogP contribution in [0.15, 0.2) is 0 Å². The van der Waals surface area contributed by atoms with Crippen molar-refractivity contribution in [1.82, 2.24) is 4.72 Å². The Bertz CT molecular complexity index is 222. The van der Waals surface area contributed by atoms with Crippen LogP contribution in [-0.4, -0.2) is 20.7 Å². The van der Waals surface area contributed by atoms with Crippen LogP contribution in [0.5, 0.6) is 0 Å². The zero-order chi connectivity index (χ0) is 9.03. The minimum absolute atomic E-state index is 0. The van der Waals surface area contributed by atoms with Gasteiger partial charge in [0.05, 0.1) is 5.75 Å². The maximum atomic E-state index is 11.3. The highest BCUT2D eigenvalue weighted by molar-refractivity contribution is 7.89. The van der Waals surface area contributed by atoms with E-state index >= 15 is 0 Å². The van der Waals surface area contributed by atoms with E-state index in [4.69, 9.17) is 0 Å². The number of sulfonamides is 1. The molecule has 0 bridgehead atoms. The van der Waals surface area contributed by atoms with Crippen molar-refractivity contribution < 1.29 is 9.84 Å². The maximum absolute atomic E-state index is 11.3. The second-order valence-corrected chi connectivity index (χ2v) is 5.28. The van der Waals surface area contributed by atoms with E-state index in [1.165, 1.54) is 12.8 Å². The van der Waals surface area contributed by atoms with E-state index in [0.29, 0.717) is 18.2 Å². The summed E-state index contributed by atoms with van der Waals surface area (Å²) in [5.74, 6) is 0.745. The van der Waals surface area contributed by atoms with Crippen LogP contribution in [0.25, 0.3) is 0 Å². The molecule has 1 N–H and O–H groups in total. The molecule has 1 fully saturated rings. The van der Waals surface area contributed by atoms with Gasteiger partial charge in [-0.25, -0.2) is 13.1 Å². The average Bonchev–Trinajstić information content (AvgIpc) is 2.38. The molecule has 12 heavy (non-hydrogen) atoms. The minimum Gasteiger partial charge on any atom is -0.216 e. The molecule has 0 aromatic carbocycles. The zero-order valence-corrected chi connectivity index (χ0v) is 8.36. The lowest BCUT2D eigenvalue weighted by atomic mass is 10.1. The Balaban J connectivity index is 0.00000144. The van der Waals surface area contributed by atoms with Crippen molar-refractivity contribution in [3.05, 3.63) is 0 Å². The van der Waals surface area contributed by atoms with Gasteiger partial charge in [0.1, 0.15) is 0 Å². The van der Waals surface area contributed by atoms with Crippen molar-refractivity contribution in [3.63, 3.8) is 0 Å². The largest absolute Gasteiger partial charge is 0.216 e. The molecule has 1 aliphatic carbocycles. The van der Waals surface area contributed by atoms with Crippen LogP contribution in [-0.2, 0) is 10.0 Å². The molecule has 0 amide bonds. The van der Waals surface area contributed by atoms with Crippen molar-refractivity contribution in [2.75, 3.05) is 12.3 Å². The fourth-order valence-electron chi connectivity index (χ4n) is 1.77. The molecule has 1 saturated carbocycles. The number of hydrogen-bond acceptors (Lipinski definition) is 2. The molecule has 0 spiro atoms. The summed E-state index contributed by atoms with van der Waals surface area (Å²) in [4.78, 5) is 0. The highest BCUT2D eigenvalue weighted by Crippen LogP contribution is 2.25. The van der Waals surface area contributed by atoms with E-state index in [2.05, 4.69) is 4.72 Å². The topological polar surface area (TPSA) is 46.2 Å². The Morgan fingerprint density at radius 2 is 2.00 bits per heavy atom. The highest BCUT2D eigenvalue weighted by Gasteiger charge is 2.21. The zero-order valence-electron chi connectivity index (χ0n) is 7.54. The van der Waals surface area contributed by atoms with Gasteiger partial charge in [-0.1, -0.05) is 19.8 Å². The summed E-state index contributed by atoms with van der Waals surface area (Å²) >= 11 is 0. The standard InChI is InChI=1S/C8H17NO2S.H2/c1-2-9-12(10,11)7-8-5-3-4-6-8;/h8-9H,2-7H2,1H3;1H. The third kappa shape index (κ3) is 3.11.